The first-order valence-corrected chi connectivity index (χ1v) is 8.07. The van der Waals surface area contributed by atoms with Crippen LogP contribution in [-0.2, 0) is 0 Å². The van der Waals surface area contributed by atoms with Gasteiger partial charge in [0.1, 0.15) is 10.7 Å². The third-order valence-corrected chi connectivity index (χ3v) is 4.48. The molecule has 0 bridgehead atoms. The summed E-state index contributed by atoms with van der Waals surface area (Å²) in [5.74, 6) is 0.685. The lowest BCUT2D eigenvalue weighted by Crippen LogP contribution is -2.12. The minimum absolute atomic E-state index is 0.256. The van der Waals surface area contributed by atoms with Crippen molar-refractivity contribution in [2.75, 3.05) is 5.32 Å². The number of hydrogen-bond donors (Lipinski definition) is 1. The predicted molar refractivity (Wildman–Crippen MR) is 83.9 cm³/mol. The predicted octanol–water partition coefficient (Wildman–Crippen LogP) is 4.07. The number of nitrogens with one attached hydrogen (secondary N) is 1. The van der Waals surface area contributed by atoms with Gasteiger partial charge in [-0.3, -0.25) is 4.79 Å². The van der Waals surface area contributed by atoms with E-state index in [0.29, 0.717) is 22.4 Å². The summed E-state index contributed by atoms with van der Waals surface area (Å²) in [4.78, 5) is 17.3. The lowest BCUT2D eigenvalue weighted by Gasteiger charge is -2.04. The number of aromatic nitrogens is 2. The van der Waals surface area contributed by atoms with E-state index in [9.17, 15) is 9.18 Å². The molecule has 0 atom stereocenters. The molecule has 1 aromatic carbocycles. The van der Waals surface area contributed by atoms with E-state index in [1.807, 2.05) is 5.38 Å². The second-order valence-corrected chi connectivity index (χ2v) is 6.28. The van der Waals surface area contributed by atoms with Gasteiger partial charge in [0.25, 0.3) is 11.8 Å². The quantitative estimate of drug-likeness (QED) is 0.783. The standard InChI is InChI=1S/C16H12FN3O2S/c17-11-3-1-2-10(8-11)15(21)18-12-6-7-23-13(12)16-19-14(20-22-16)9-4-5-9/h1-3,6-9H,4-5H2,(H,18,21). The number of benzene rings is 1. The Morgan fingerprint density at radius 1 is 1.35 bits per heavy atom. The van der Waals surface area contributed by atoms with Crippen molar-refractivity contribution < 1.29 is 13.7 Å². The van der Waals surface area contributed by atoms with Gasteiger partial charge in [0, 0.05) is 11.5 Å². The minimum Gasteiger partial charge on any atom is -0.333 e. The number of carbonyl (C=O) groups is 1. The molecule has 1 saturated carbocycles. The largest absolute Gasteiger partial charge is 0.333 e. The summed E-state index contributed by atoms with van der Waals surface area (Å²) in [7, 11) is 0. The van der Waals surface area contributed by atoms with Gasteiger partial charge in [-0.25, -0.2) is 4.39 Å². The molecule has 4 rings (SSSR count). The second-order valence-electron chi connectivity index (χ2n) is 5.36. The van der Waals surface area contributed by atoms with Gasteiger partial charge < -0.3 is 9.84 Å². The van der Waals surface area contributed by atoms with Crippen molar-refractivity contribution in [3.8, 4) is 10.8 Å². The molecular formula is C16H12FN3O2S. The molecule has 1 amide bonds. The van der Waals surface area contributed by atoms with Gasteiger partial charge in [-0.1, -0.05) is 11.2 Å². The van der Waals surface area contributed by atoms with Gasteiger partial charge in [0.05, 0.1) is 5.69 Å². The minimum atomic E-state index is -0.450. The van der Waals surface area contributed by atoms with Crippen LogP contribution in [0.15, 0.2) is 40.2 Å². The number of amides is 1. The van der Waals surface area contributed by atoms with Gasteiger partial charge in [0.15, 0.2) is 5.82 Å². The lowest BCUT2D eigenvalue weighted by atomic mass is 10.2. The molecule has 1 aliphatic carbocycles. The summed E-state index contributed by atoms with van der Waals surface area (Å²) in [5, 5.41) is 8.58. The molecular weight excluding hydrogens is 317 g/mol. The van der Waals surface area contributed by atoms with E-state index in [1.165, 1.54) is 29.5 Å². The van der Waals surface area contributed by atoms with Crippen molar-refractivity contribution in [2.24, 2.45) is 0 Å². The number of hydrogen-bond acceptors (Lipinski definition) is 5. The fourth-order valence-corrected chi connectivity index (χ4v) is 3.00. The first-order valence-electron chi connectivity index (χ1n) is 7.19. The van der Waals surface area contributed by atoms with Crippen LogP contribution < -0.4 is 5.32 Å². The number of rotatable bonds is 4. The monoisotopic (exact) mass is 329 g/mol. The van der Waals surface area contributed by atoms with Crippen molar-refractivity contribution >= 4 is 22.9 Å². The number of anilines is 1. The maximum Gasteiger partial charge on any atom is 0.270 e. The van der Waals surface area contributed by atoms with E-state index < -0.39 is 5.82 Å². The molecule has 0 unspecified atom stereocenters. The number of carbonyl (C=O) groups excluding carboxylic acids is 1. The Labute approximate surface area is 135 Å². The Morgan fingerprint density at radius 2 is 2.22 bits per heavy atom. The van der Waals surface area contributed by atoms with E-state index in [2.05, 4.69) is 15.5 Å². The Hall–Kier alpha value is -2.54. The summed E-state index contributed by atoms with van der Waals surface area (Å²) in [5.41, 5.74) is 0.835. The summed E-state index contributed by atoms with van der Waals surface area (Å²) in [6.07, 6.45) is 2.18. The average molecular weight is 329 g/mol. The second kappa shape index (κ2) is 5.58. The highest BCUT2D eigenvalue weighted by Crippen LogP contribution is 2.40. The topological polar surface area (TPSA) is 68.0 Å². The van der Waals surface area contributed by atoms with Crippen LogP contribution in [0.1, 0.15) is 34.9 Å². The molecule has 0 spiro atoms. The van der Waals surface area contributed by atoms with Crippen molar-refractivity contribution in [2.45, 2.75) is 18.8 Å². The van der Waals surface area contributed by atoms with Gasteiger partial charge in [-0.15, -0.1) is 11.3 Å². The van der Waals surface area contributed by atoms with Crippen LogP contribution in [0.5, 0.6) is 0 Å². The van der Waals surface area contributed by atoms with Crippen molar-refractivity contribution in [1.29, 1.82) is 0 Å². The van der Waals surface area contributed by atoms with Crippen molar-refractivity contribution in [3.63, 3.8) is 0 Å². The zero-order valence-electron chi connectivity index (χ0n) is 12.0. The molecule has 0 radical (unpaired) electrons. The zero-order chi connectivity index (χ0) is 15.8. The molecule has 116 valence electrons. The molecule has 0 saturated heterocycles. The van der Waals surface area contributed by atoms with Crippen LogP contribution >= 0.6 is 11.3 Å². The van der Waals surface area contributed by atoms with Crippen LogP contribution in [0.25, 0.3) is 10.8 Å². The summed E-state index contributed by atoms with van der Waals surface area (Å²) in [6, 6.07) is 7.31. The fraction of sp³-hybridized carbons (Fsp3) is 0.188. The van der Waals surface area contributed by atoms with Crippen molar-refractivity contribution in [1.82, 2.24) is 10.1 Å². The van der Waals surface area contributed by atoms with E-state index in [-0.39, 0.29) is 11.5 Å². The van der Waals surface area contributed by atoms with Gasteiger partial charge in [0.2, 0.25) is 0 Å². The van der Waals surface area contributed by atoms with Gasteiger partial charge >= 0.3 is 0 Å². The van der Waals surface area contributed by atoms with E-state index in [4.69, 9.17) is 4.52 Å². The van der Waals surface area contributed by atoms with Crippen LogP contribution in [0.4, 0.5) is 10.1 Å². The molecule has 23 heavy (non-hydrogen) atoms. The summed E-state index contributed by atoms with van der Waals surface area (Å²) in [6.45, 7) is 0. The van der Waals surface area contributed by atoms with E-state index in [1.54, 1.807) is 12.1 Å². The van der Waals surface area contributed by atoms with Crippen LogP contribution in [-0.4, -0.2) is 16.0 Å². The van der Waals surface area contributed by atoms with Gasteiger partial charge in [-0.2, -0.15) is 4.98 Å². The average Bonchev–Trinajstić information content (AvgIpc) is 3.10. The Kier molecular flexibility index (Phi) is 3.42. The van der Waals surface area contributed by atoms with Crippen LogP contribution in [0.3, 0.4) is 0 Å². The Bertz CT molecular complexity index is 870. The third kappa shape index (κ3) is 2.87. The Morgan fingerprint density at radius 3 is 3.00 bits per heavy atom. The highest BCUT2D eigenvalue weighted by atomic mass is 32.1. The Balaban J connectivity index is 1.58. The molecule has 2 heterocycles. The first-order chi connectivity index (χ1) is 11.2. The highest BCUT2D eigenvalue weighted by Gasteiger charge is 2.29. The van der Waals surface area contributed by atoms with Gasteiger partial charge in [-0.05, 0) is 42.5 Å². The SMILES string of the molecule is O=C(Nc1ccsc1-c1nc(C2CC2)no1)c1cccc(F)c1. The van der Waals surface area contributed by atoms with E-state index >= 15 is 0 Å². The van der Waals surface area contributed by atoms with Crippen LogP contribution in [0, 0.1) is 5.82 Å². The molecule has 0 aliphatic heterocycles. The molecule has 7 heteroatoms. The molecule has 1 aliphatic rings. The maximum atomic E-state index is 13.2. The molecule has 1 fully saturated rings. The lowest BCUT2D eigenvalue weighted by molar-refractivity contribution is 0.102. The number of thiophene rings is 1. The number of halogens is 1. The maximum absolute atomic E-state index is 13.2. The third-order valence-electron chi connectivity index (χ3n) is 3.58. The molecule has 2 aromatic heterocycles. The van der Waals surface area contributed by atoms with Crippen molar-refractivity contribution in [3.05, 3.63) is 52.9 Å². The molecule has 3 aromatic rings. The first kappa shape index (κ1) is 14.1. The summed E-state index contributed by atoms with van der Waals surface area (Å²) >= 11 is 1.40. The zero-order valence-corrected chi connectivity index (χ0v) is 12.8. The smallest absolute Gasteiger partial charge is 0.270 e. The normalized spacial score (nSPS) is 14.0. The van der Waals surface area contributed by atoms with E-state index in [0.717, 1.165) is 18.7 Å². The molecule has 5 nitrogen and oxygen atoms in total. The molecule has 1 N–H and O–H groups in total. The summed E-state index contributed by atoms with van der Waals surface area (Å²) < 4.78 is 18.5. The van der Waals surface area contributed by atoms with Crippen LogP contribution in [0.2, 0.25) is 0 Å². The highest BCUT2D eigenvalue weighted by molar-refractivity contribution is 7.14. The fourth-order valence-electron chi connectivity index (χ4n) is 2.23. The number of nitrogens with zero attached hydrogens (tertiary/aromatic N) is 2.